The number of aryl methyl sites for hydroxylation is 1. The van der Waals surface area contributed by atoms with Gasteiger partial charge in [-0.05, 0) is 49.7 Å². The molecule has 1 aromatic carbocycles. The zero-order valence-electron chi connectivity index (χ0n) is 11.5. The lowest BCUT2D eigenvalue weighted by molar-refractivity contribution is 0.0939. The normalized spacial score (nSPS) is 22.1. The molecule has 0 bridgehead atoms. The van der Waals surface area contributed by atoms with Gasteiger partial charge < -0.3 is 4.98 Å². The number of nitrogens with one attached hydrogen (secondary N) is 1. The molecule has 20 heavy (non-hydrogen) atoms. The molecule has 1 atom stereocenters. The molecule has 102 valence electrons. The van der Waals surface area contributed by atoms with Gasteiger partial charge in [-0.3, -0.25) is 9.59 Å². The largest absolute Gasteiger partial charge is 0.357 e. The van der Waals surface area contributed by atoms with Gasteiger partial charge in [0.15, 0.2) is 11.2 Å². The number of hydrogen-bond acceptors (Lipinski definition) is 2. The molecule has 3 nitrogen and oxygen atoms in total. The van der Waals surface area contributed by atoms with E-state index in [4.69, 9.17) is 0 Å². The Bertz CT molecular complexity index is 783. The standard InChI is InChI=1S/C17H17NO2/c1-9-3-2-4-12-16(9)18-13-7-11(10-5-6-10)8-14(19)15(13)17(12)20/h2-4,10-11H,5-8H2,1H3,(H,18,20). The van der Waals surface area contributed by atoms with Crippen LogP contribution in [0.2, 0.25) is 0 Å². The highest BCUT2D eigenvalue weighted by Crippen LogP contribution is 2.42. The second-order valence-electron chi connectivity index (χ2n) is 6.23. The molecular weight excluding hydrogens is 250 g/mol. The minimum Gasteiger partial charge on any atom is -0.357 e. The van der Waals surface area contributed by atoms with E-state index in [2.05, 4.69) is 4.98 Å². The van der Waals surface area contributed by atoms with Crippen LogP contribution in [0, 0.1) is 18.8 Å². The van der Waals surface area contributed by atoms with Gasteiger partial charge in [0.25, 0.3) is 0 Å². The summed E-state index contributed by atoms with van der Waals surface area (Å²) in [6.07, 6.45) is 3.89. The van der Waals surface area contributed by atoms with E-state index in [1.807, 2.05) is 25.1 Å². The fraction of sp³-hybridized carbons (Fsp3) is 0.412. The SMILES string of the molecule is Cc1cccc2c(=O)c3c([nH]c12)CC(C1CC1)CC3=O. The Morgan fingerprint density at radius 3 is 2.65 bits per heavy atom. The highest BCUT2D eigenvalue weighted by Gasteiger charge is 2.37. The minimum atomic E-state index is -0.0864. The van der Waals surface area contributed by atoms with E-state index in [-0.39, 0.29) is 11.2 Å². The zero-order chi connectivity index (χ0) is 13.9. The van der Waals surface area contributed by atoms with Gasteiger partial charge in [-0.15, -0.1) is 0 Å². The van der Waals surface area contributed by atoms with Gasteiger partial charge in [0, 0.05) is 17.5 Å². The van der Waals surface area contributed by atoms with E-state index in [0.717, 1.165) is 23.2 Å². The molecule has 1 heterocycles. The van der Waals surface area contributed by atoms with E-state index in [1.54, 1.807) is 0 Å². The zero-order valence-corrected chi connectivity index (χ0v) is 11.5. The quantitative estimate of drug-likeness (QED) is 0.863. The Hall–Kier alpha value is -1.90. The number of rotatable bonds is 1. The van der Waals surface area contributed by atoms with Gasteiger partial charge in [0.05, 0.1) is 11.1 Å². The van der Waals surface area contributed by atoms with Crippen molar-refractivity contribution in [3.63, 3.8) is 0 Å². The number of ketones is 1. The van der Waals surface area contributed by atoms with Gasteiger partial charge >= 0.3 is 0 Å². The average Bonchev–Trinajstić information content (AvgIpc) is 3.24. The third kappa shape index (κ3) is 1.65. The van der Waals surface area contributed by atoms with Crippen LogP contribution in [0.1, 0.15) is 40.9 Å². The molecule has 0 amide bonds. The number of Topliss-reactive ketones (excluding diaryl/α,β-unsaturated/α-hetero) is 1. The number of para-hydroxylation sites is 1. The van der Waals surface area contributed by atoms with E-state index >= 15 is 0 Å². The number of fused-ring (bicyclic) bond motifs is 2. The van der Waals surface area contributed by atoms with Gasteiger partial charge in [-0.2, -0.15) is 0 Å². The third-order valence-electron chi connectivity index (χ3n) is 4.80. The smallest absolute Gasteiger partial charge is 0.200 e. The van der Waals surface area contributed by atoms with Crippen LogP contribution in [-0.4, -0.2) is 10.8 Å². The van der Waals surface area contributed by atoms with Gasteiger partial charge in [0.1, 0.15) is 0 Å². The van der Waals surface area contributed by atoms with Crippen molar-refractivity contribution in [2.75, 3.05) is 0 Å². The van der Waals surface area contributed by atoms with Crippen molar-refractivity contribution in [2.24, 2.45) is 11.8 Å². The number of carbonyl (C=O) groups is 1. The summed E-state index contributed by atoms with van der Waals surface area (Å²) in [5, 5.41) is 0.641. The summed E-state index contributed by atoms with van der Waals surface area (Å²) in [4.78, 5) is 28.3. The summed E-state index contributed by atoms with van der Waals surface area (Å²) in [5.74, 6) is 1.17. The summed E-state index contributed by atoms with van der Waals surface area (Å²) < 4.78 is 0. The molecule has 2 aliphatic rings. The summed E-state index contributed by atoms with van der Waals surface area (Å²) in [6, 6.07) is 5.68. The molecular formula is C17H17NO2. The van der Waals surface area contributed by atoms with Gasteiger partial charge in [-0.25, -0.2) is 0 Å². The van der Waals surface area contributed by atoms with Crippen molar-refractivity contribution in [2.45, 2.75) is 32.6 Å². The number of H-pyrrole nitrogens is 1. The maximum absolute atomic E-state index is 12.6. The monoisotopic (exact) mass is 267 g/mol. The highest BCUT2D eigenvalue weighted by atomic mass is 16.1. The van der Waals surface area contributed by atoms with E-state index in [0.29, 0.717) is 29.2 Å². The molecule has 1 unspecified atom stereocenters. The number of aromatic nitrogens is 1. The van der Waals surface area contributed by atoms with Crippen molar-refractivity contribution in [3.8, 4) is 0 Å². The van der Waals surface area contributed by atoms with Gasteiger partial charge in [-0.1, -0.05) is 12.1 Å². The van der Waals surface area contributed by atoms with Crippen LogP contribution < -0.4 is 5.43 Å². The van der Waals surface area contributed by atoms with E-state index < -0.39 is 0 Å². The number of carbonyl (C=O) groups excluding carboxylic acids is 1. The molecule has 0 spiro atoms. The first-order chi connectivity index (χ1) is 9.65. The summed E-state index contributed by atoms with van der Waals surface area (Å²) in [5.41, 5.74) is 3.14. The van der Waals surface area contributed by atoms with Crippen molar-refractivity contribution < 1.29 is 4.79 Å². The molecule has 0 aliphatic heterocycles. The van der Waals surface area contributed by atoms with Crippen LogP contribution in [0.15, 0.2) is 23.0 Å². The Kier molecular flexibility index (Phi) is 2.40. The highest BCUT2D eigenvalue weighted by molar-refractivity contribution is 6.01. The maximum Gasteiger partial charge on any atom is 0.200 e. The second kappa shape index (κ2) is 4.05. The number of pyridine rings is 1. The number of aromatic amines is 1. The lowest BCUT2D eigenvalue weighted by Gasteiger charge is -2.23. The topological polar surface area (TPSA) is 49.9 Å². The Labute approximate surface area is 117 Å². The van der Waals surface area contributed by atoms with Crippen LogP contribution in [0.4, 0.5) is 0 Å². The van der Waals surface area contributed by atoms with Crippen molar-refractivity contribution in [1.82, 2.24) is 4.98 Å². The molecule has 2 aliphatic carbocycles. The van der Waals surface area contributed by atoms with Crippen LogP contribution >= 0.6 is 0 Å². The lowest BCUT2D eigenvalue weighted by atomic mass is 9.82. The Morgan fingerprint density at radius 1 is 1.10 bits per heavy atom. The predicted molar refractivity (Wildman–Crippen MR) is 78.2 cm³/mol. The average molecular weight is 267 g/mol. The molecule has 3 heteroatoms. The first kappa shape index (κ1) is 11.9. The van der Waals surface area contributed by atoms with Crippen molar-refractivity contribution in [3.05, 3.63) is 45.2 Å². The lowest BCUT2D eigenvalue weighted by Crippen LogP contribution is -2.29. The summed E-state index contributed by atoms with van der Waals surface area (Å²) >= 11 is 0. The molecule has 1 saturated carbocycles. The van der Waals surface area contributed by atoms with Gasteiger partial charge in [0.2, 0.25) is 0 Å². The fourth-order valence-corrected chi connectivity index (χ4v) is 3.53. The van der Waals surface area contributed by atoms with E-state index in [1.165, 1.54) is 12.8 Å². The fourth-order valence-electron chi connectivity index (χ4n) is 3.53. The first-order valence-corrected chi connectivity index (χ1v) is 7.33. The molecule has 1 fully saturated rings. The second-order valence-corrected chi connectivity index (χ2v) is 6.23. The molecule has 2 aromatic rings. The first-order valence-electron chi connectivity index (χ1n) is 7.33. The van der Waals surface area contributed by atoms with Crippen LogP contribution in [-0.2, 0) is 6.42 Å². The third-order valence-corrected chi connectivity index (χ3v) is 4.80. The maximum atomic E-state index is 12.6. The predicted octanol–water partition coefficient (Wildman–Crippen LogP) is 2.99. The van der Waals surface area contributed by atoms with Crippen molar-refractivity contribution in [1.29, 1.82) is 0 Å². The van der Waals surface area contributed by atoms with Crippen molar-refractivity contribution >= 4 is 16.7 Å². The Morgan fingerprint density at radius 2 is 1.90 bits per heavy atom. The molecule has 0 radical (unpaired) electrons. The van der Waals surface area contributed by atoms with E-state index in [9.17, 15) is 9.59 Å². The molecule has 1 aromatic heterocycles. The number of hydrogen-bond donors (Lipinski definition) is 1. The summed E-state index contributed by atoms with van der Waals surface area (Å²) in [6.45, 7) is 1.99. The summed E-state index contributed by atoms with van der Waals surface area (Å²) in [7, 11) is 0. The Balaban J connectivity index is 1.97. The molecule has 0 saturated heterocycles. The number of benzene rings is 1. The molecule has 1 N–H and O–H groups in total. The van der Waals surface area contributed by atoms with Crippen LogP contribution in [0.5, 0.6) is 0 Å². The van der Waals surface area contributed by atoms with Crippen LogP contribution in [0.3, 0.4) is 0 Å². The van der Waals surface area contributed by atoms with Crippen LogP contribution in [0.25, 0.3) is 10.9 Å². The molecule has 4 rings (SSSR count). The minimum absolute atomic E-state index is 0.0350.